The van der Waals surface area contributed by atoms with Gasteiger partial charge in [0.2, 0.25) is 0 Å². The first-order valence-electron chi connectivity index (χ1n) is 16.8. The zero-order valence-corrected chi connectivity index (χ0v) is 28.6. The maximum atomic E-state index is 14.6. The van der Waals surface area contributed by atoms with E-state index in [-0.39, 0.29) is 0 Å². The van der Waals surface area contributed by atoms with Crippen LogP contribution in [0.5, 0.6) is 0 Å². The zero-order chi connectivity index (χ0) is 29.1. The van der Waals surface area contributed by atoms with Crippen LogP contribution in [0.3, 0.4) is 0 Å². The molecule has 0 unspecified atom stereocenters. The van der Waals surface area contributed by atoms with E-state index in [4.69, 9.17) is 3.97 Å². The van der Waals surface area contributed by atoms with Gasteiger partial charge in [-0.15, -0.1) is 0 Å². The summed E-state index contributed by atoms with van der Waals surface area (Å²) in [5, 5.41) is 0. The van der Waals surface area contributed by atoms with Crippen LogP contribution in [0.1, 0.15) is 155 Å². The van der Waals surface area contributed by atoms with Crippen molar-refractivity contribution in [2.45, 2.75) is 162 Å². The molecule has 39 heavy (non-hydrogen) atoms. The first-order valence-corrected chi connectivity index (χ1v) is 21.1. The quantitative estimate of drug-likeness (QED) is 0.0848. The third kappa shape index (κ3) is 12.1. The van der Waals surface area contributed by atoms with Gasteiger partial charge in [-0.3, -0.25) is 0 Å². The van der Waals surface area contributed by atoms with E-state index in [0.717, 1.165) is 114 Å². The van der Waals surface area contributed by atoms with Gasteiger partial charge in [-0.1, -0.05) is 0 Å². The molecule has 1 aromatic rings. The number of hydrogen-bond acceptors (Lipinski definition) is 3. The second-order valence-corrected chi connectivity index (χ2v) is 19.7. The summed E-state index contributed by atoms with van der Waals surface area (Å²) in [5.74, 6) is 0. The van der Waals surface area contributed by atoms with Gasteiger partial charge in [0, 0.05) is 0 Å². The van der Waals surface area contributed by atoms with Crippen LogP contribution in [0.4, 0.5) is 0 Å². The first-order chi connectivity index (χ1) is 18.8. The Morgan fingerprint density at radius 2 is 1.00 bits per heavy atom. The van der Waals surface area contributed by atoms with E-state index >= 15 is 0 Å². The molecule has 0 saturated heterocycles. The van der Waals surface area contributed by atoms with E-state index in [1.807, 2.05) is 12.1 Å². The van der Waals surface area contributed by atoms with Crippen molar-refractivity contribution >= 4 is 16.9 Å². The van der Waals surface area contributed by atoms with Crippen molar-refractivity contribution in [2.75, 3.05) is 24.6 Å². The molecule has 0 fully saturated rings. The number of benzene rings is 1. The van der Waals surface area contributed by atoms with Gasteiger partial charge in [0.15, 0.2) is 0 Å². The van der Waals surface area contributed by atoms with Crippen molar-refractivity contribution in [1.82, 2.24) is 0 Å². The standard InChI is InChI=1S/C34H65O3PS/c1-7-13-19-21-24-32-25-23-27-34(33(32)26-22-20-14-8-2)39(35,36)37-38(28-15-9-3,29-16-10-4,30-17-11-5)31-18-12-6/h23,25,27H,7-22,24,26,28-31H2,1-6H3. The minimum atomic E-state index is -3.87. The summed E-state index contributed by atoms with van der Waals surface area (Å²) >= 11 is 0. The van der Waals surface area contributed by atoms with Gasteiger partial charge < -0.3 is 0 Å². The van der Waals surface area contributed by atoms with Crippen LogP contribution in [-0.4, -0.2) is 33.1 Å². The van der Waals surface area contributed by atoms with Crippen LogP contribution in [0.25, 0.3) is 0 Å². The molecular weight excluding hydrogens is 519 g/mol. The molecule has 0 aliphatic heterocycles. The fourth-order valence-electron chi connectivity index (χ4n) is 6.20. The van der Waals surface area contributed by atoms with Crippen molar-refractivity contribution in [1.29, 1.82) is 0 Å². The predicted octanol–water partition coefficient (Wildman–Crippen LogP) is 11.3. The summed E-state index contributed by atoms with van der Waals surface area (Å²) in [5.41, 5.74) is 2.29. The van der Waals surface area contributed by atoms with Gasteiger partial charge in [-0.05, 0) is 0 Å². The summed E-state index contributed by atoms with van der Waals surface area (Å²) in [6.45, 7) is 10.4. The fourth-order valence-corrected chi connectivity index (χ4v) is 16.5. The van der Waals surface area contributed by atoms with Crippen molar-refractivity contribution < 1.29 is 12.4 Å². The fraction of sp³-hybridized carbons (Fsp3) is 0.824. The molecule has 0 spiro atoms. The molecule has 230 valence electrons. The SMILES string of the molecule is CCCCCCc1cccc(S(=O)(=O)OP(CCCC)(CCCC)(CCCC)CCCC)c1CCCCCC. The molecule has 1 rings (SSSR count). The second kappa shape index (κ2) is 19.6. The van der Waals surface area contributed by atoms with Crippen molar-refractivity contribution in [2.24, 2.45) is 0 Å². The molecule has 3 nitrogen and oxygen atoms in total. The monoisotopic (exact) mass is 584 g/mol. The van der Waals surface area contributed by atoms with Crippen LogP contribution in [0.15, 0.2) is 23.1 Å². The summed E-state index contributed by atoms with van der Waals surface area (Å²) in [4.78, 5) is 0.488. The molecule has 1 aromatic carbocycles. The topological polar surface area (TPSA) is 43.4 Å². The first kappa shape index (κ1) is 36.6. The van der Waals surface area contributed by atoms with E-state index in [1.165, 1.54) is 37.7 Å². The normalized spacial score (nSPS) is 13.4. The average molecular weight is 585 g/mol. The Labute approximate surface area is 244 Å². The van der Waals surface area contributed by atoms with Crippen molar-refractivity contribution in [3.8, 4) is 0 Å². The van der Waals surface area contributed by atoms with Crippen LogP contribution in [0, 0.1) is 0 Å². The van der Waals surface area contributed by atoms with Gasteiger partial charge in [0.1, 0.15) is 0 Å². The molecule has 0 bridgehead atoms. The summed E-state index contributed by atoms with van der Waals surface area (Å²) < 4.78 is 36.1. The van der Waals surface area contributed by atoms with Crippen molar-refractivity contribution in [3.05, 3.63) is 29.3 Å². The predicted molar refractivity (Wildman–Crippen MR) is 176 cm³/mol. The van der Waals surface area contributed by atoms with Gasteiger partial charge >= 0.3 is 245 Å². The van der Waals surface area contributed by atoms with Crippen molar-refractivity contribution in [3.63, 3.8) is 0 Å². The third-order valence-electron chi connectivity index (χ3n) is 8.70. The maximum absolute atomic E-state index is 14.6. The second-order valence-electron chi connectivity index (χ2n) is 12.2. The molecular formula is C34H65O3PS. The Balaban J connectivity index is 3.63. The summed E-state index contributed by atoms with van der Waals surface area (Å²) in [7, 11) is -3.87. The molecule has 0 aliphatic rings. The van der Waals surface area contributed by atoms with Gasteiger partial charge in [-0.2, -0.15) is 0 Å². The Hall–Kier alpha value is -0.440. The van der Waals surface area contributed by atoms with Crippen LogP contribution in [-0.2, 0) is 26.9 Å². The van der Waals surface area contributed by atoms with Crippen LogP contribution < -0.4 is 0 Å². The number of hydrogen-bond donors (Lipinski definition) is 0. The summed E-state index contributed by atoms with van der Waals surface area (Å²) in [6, 6.07) is 6.03. The molecule has 0 amide bonds. The zero-order valence-electron chi connectivity index (χ0n) is 26.9. The van der Waals surface area contributed by atoms with Crippen LogP contribution >= 0.6 is 6.83 Å². The molecule has 0 heterocycles. The third-order valence-corrected chi connectivity index (χ3v) is 17.9. The molecule has 0 atom stereocenters. The van der Waals surface area contributed by atoms with E-state index in [9.17, 15) is 8.42 Å². The Morgan fingerprint density at radius 3 is 1.44 bits per heavy atom. The van der Waals surface area contributed by atoms with Gasteiger partial charge in [-0.25, -0.2) is 0 Å². The average Bonchev–Trinajstić information content (AvgIpc) is 2.93. The van der Waals surface area contributed by atoms with E-state index in [0.29, 0.717) is 4.90 Å². The number of unbranched alkanes of at least 4 members (excludes halogenated alkanes) is 10. The molecule has 0 radical (unpaired) electrons. The number of aryl methyl sites for hydroxylation is 1. The molecule has 0 aliphatic carbocycles. The molecule has 5 heteroatoms. The molecule has 0 aromatic heterocycles. The Morgan fingerprint density at radius 1 is 0.564 bits per heavy atom. The number of rotatable bonds is 25. The van der Waals surface area contributed by atoms with E-state index < -0.39 is 16.9 Å². The molecule has 0 N–H and O–H groups in total. The van der Waals surface area contributed by atoms with E-state index in [2.05, 4.69) is 47.6 Å². The molecule has 0 saturated carbocycles. The van der Waals surface area contributed by atoms with E-state index in [1.54, 1.807) is 0 Å². The van der Waals surface area contributed by atoms with Crippen LogP contribution in [0.2, 0.25) is 0 Å². The summed E-state index contributed by atoms with van der Waals surface area (Å²) in [6.07, 6.45) is 23.6. The van der Waals surface area contributed by atoms with Gasteiger partial charge in [0.25, 0.3) is 0 Å². The Bertz CT molecular complexity index is 837. The van der Waals surface area contributed by atoms with Gasteiger partial charge in [0.05, 0.1) is 0 Å². The minimum absolute atomic E-state index is 0.488. The Kier molecular flexibility index (Phi) is 18.4.